The molecular formula is C48H36N12O12. The standard InChI is InChI=1S/C48H36N12O12/c61-37-38(62)51-27-15-3-4-16-28(27)53-41(65)42(66)55-31-19-7-8-20-32(31)57-45(69)46(70)59-35-23-11-12-24-36(35)60-48(72)47(71)58-34-22-10-9-21-33(34)56-44(68)43(67)54-30-18-6-5-17-29(30)52-40(64)39(63)50-26-14-2-1-13-25(26)49-37/h1-24H,(H,49,61)(H,50,63)(H,51,62)(H,52,64)(H,53,65)(H,54,67)(H,55,66)(H,56,68)(H,57,69)(H,58,71)(H,59,70)(H,60,72). The fourth-order valence-electron chi connectivity index (χ4n) is 6.36. The maximum atomic E-state index is 13.2. The van der Waals surface area contributed by atoms with Gasteiger partial charge in [0.25, 0.3) is 0 Å². The minimum atomic E-state index is -1.27. The molecule has 24 nitrogen and oxygen atoms in total. The Morgan fingerprint density at radius 2 is 0.208 bits per heavy atom. The molecule has 0 atom stereocenters. The van der Waals surface area contributed by atoms with Gasteiger partial charge in [-0.2, -0.15) is 0 Å². The summed E-state index contributed by atoms with van der Waals surface area (Å²) in [5.41, 5.74) is -1.60. The van der Waals surface area contributed by atoms with Crippen molar-refractivity contribution in [2.75, 3.05) is 63.8 Å². The van der Waals surface area contributed by atoms with E-state index in [1.165, 1.54) is 146 Å². The number of hydrogen-bond acceptors (Lipinski definition) is 12. The SMILES string of the molecule is O=C1Nc2ccccc2NC(=O)C(=O)Nc2ccccc2NC(=O)C(=O)Nc2ccccc2NC(=O)C(=O)Nc2ccccc2NC(=O)C(=O)Nc2ccccc2NC(=O)C(=O)Nc2ccccc2NC1=O. The Morgan fingerprint density at radius 3 is 0.278 bits per heavy atom. The number of carbonyl (C=O) groups is 12. The number of carbonyl (C=O) groups excluding carboxylic acids is 12. The van der Waals surface area contributed by atoms with E-state index >= 15 is 0 Å². The van der Waals surface area contributed by atoms with Crippen molar-refractivity contribution < 1.29 is 57.5 Å². The molecule has 24 heteroatoms. The lowest BCUT2D eigenvalue weighted by atomic mass is 10.2. The van der Waals surface area contributed by atoms with E-state index < -0.39 is 70.9 Å². The lowest BCUT2D eigenvalue weighted by Gasteiger charge is -2.16. The van der Waals surface area contributed by atoms with E-state index in [-0.39, 0.29) is 68.2 Å². The van der Waals surface area contributed by atoms with Crippen LogP contribution in [-0.4, -0.2) is 70.9 Å². The van der Waals surface area contributed by atoms with Gasteiger partial charge in [0.1, 0.15) is 0 Å². The van der Waals surface area contributed by atoms with Crippen LogP contribution in [0.15, 0.2) is 146 Å². The first-order chi connectivity index (χ1) is 34.6. The van der Waals surface area contributed by atoms with Gasteiger partial charge < -0.3 is 63.8 Å². The number of nitrogens with one attached hydrogen (secondary N) is 12. The zero-order valence-electron chi connectivity index (χ0n) is 36.8. The van der Waals surface area contributed by atoms with Crippen LogP contribution in [-0.2, 0) is 57.5 Å². The second-order valence-corrected chi connectivity index (χ2v) is 14.7. The first-order valence-electron chi connectivity index (χ1n) is 20.9. The second kappa shape index (κ2) is 22.2. The lowest BCUT2D eigenvalue weighted by Crippen LogP contribution is -2.33. The van der Waals surface area contributed by atoms with Crippen molar-refractivity contribution in [1.82, 2.24) is 0 Å². The van der Waals surface area contributed by atoms with Crippen LogP contribution in [0.25, 0.3) is 0 Å². The molecule has 6 aromatic rings. The van der Waals surface area contributed by atoms with E-state index in [9.17, 15) is 57.5 Å². The molecule has 0 saturated heterocycles. The third kappa shape index (κ3) is 12.3. The van der Waals surface area contributed by atoms with E-state index in [2.05, 4.69) is 63.8 Å². The van der Waals surface area contributed by atoms with Crippen LogP contribution in [0.4, 0.5) is 68.2 Å². The van der Waals surface area contributed by atoms with Crippen molar-refractivity contribution in [3.05, 3.63) is 146 Å². The molecular weight excluding hydrogens is 937 g/mol. The average molecular weight is 973 g/mol. The smallest absolute Gasteiger partial charge is 0.314 e. The number of fused-ring (bicyclic) bond motifs is 6. The van der Waals surface area contributed by atoms with E-state index in [1.807, 2.05) is 0 Å². The molecule has 12 N–H and O–H groups in total. The van der Waals surface area contributed by atoms with E-state index in [1.54, 1.807) is 0 Å². The average Bonchev–Trinajstić information content (AvgIpc) is 3.36. The summed E-state index contributed by atoms with van der Waals surface area (Å²) in [5, 5.41) is 27.8. The largest absolute Gasteiger partial charge is 0.316 e. The fourth-order valence-corrected chi connectivity index (χ4v) is 6.36. The lowest BCUT2D eigenvalue weighted by molar-refractivity contribution is -0.133. The zero-order valence-corrected chi connectivity index (χ0v) is 36.8. The first-order valence-corrected chi connectivity index (χ1v) is 20.9. The summed E-state index contributed by atoms with van der Waals surface area (Å²) < 4.78 is 0. The summed E-state index contributed by atoms with van der Waals surface area (Å²) >= 11 is 0. The maximum absolute atomic E-state index is 13.2. The van der Waals surface area contributed by atoms with Crippen molar-refractivity contribution in [3.63, 3.8) is 0 Å². The number of benzene rings is 6. The van der Waals surface area contributed by atoms with Gasteiger partial charge in [-0.15, -0.1) is 0 Å². The first kappa shape index (κ1) is 48.9. The summed E-state index contributed by atoms with van der Waals surface area (Å²) in [4.78, 5) is 158. The minimum absolute atomic E-state index is 0.134. The molecule has 7 rings (SSSR count). The molecule has 1 heterocycles. The summed E-state index contributed by atoms with van der Waals surface area (Å²) in [5.74, 6) is -15.2. The molecule has 12 amide bonds. The van der Waals surface area contributed by atoms with Crippen molar-refractivity contribution in [2.45, 2.75) is 0 Å². The van der Waals surface area contributed by atoms with E-state index in [0.29, 0.717) is 0 Å². The number of hydrogen-bond donors (Lipinski definition) is 12. The fraction of sp³-hybridized carbons (Fsp3) is 0. The highest BCUT2D eigenvalue weighted by Crippen LogP contribution is 2.28. The molecule has 0 spiro atoms. The van der Waals surface area contributed by atoms with Gasteiger partial charge in [0.05, 0.1) is 68.2 Å². The molecule has 1 aliphatic rings. The monoisotopic (exact) mass is 972 g/mol. The zero-order chi connectivity index (χ0) is 51.3. The Labute approximate surface area is 405 Å². The van der Waals surface area contributed by atoms with Gasteiger partial charge in [-0.1, -0.05) is 72.8 Å². The van der Waals surface area contributed by atoms with E-state index in [0.717, 1.165) is 0 Å². The van der Waals surface area contributed by atoms with Gasteiger partial charge in [0.15, 0.2) is 0 Å². The number of anilines is 12. The molecule has 6 aromatic carbocycles. The second-order valence-electron chi connectivity index (χ2n) is 14.7. The summed E-state index contributed by atoms with van der Waals surface area (Å²) in [6, 6.07) is 33.0. The highest BCUT2D eigenvalue weighted by molar-refractivity contribution is 6.49. The molecule has 0 radical (unpaired) electrons. The van der Waals surface area contributed by atoms with Crippen molar-refractivity contribution in [2.24, 2.45) is 0 Å². The molecule has 0 saturated carbocycles. The van der Waals surface area contributed by atoms with Gasteiger partial charge in [-0.25, -0.2) is 0 Å². The molecule has 0 aromatic heterocycles. The van der Waals surface area contributed by atoms with Crippen LogP contribution < -0.4 is 63.8 Å². The molecule has 0 fully saturated rings. The van der Waals surface area contributed by atoms with Crippen LogP contribution in [0, 0.1) is 0 Å². The predicted molar refractivity (Wildman–Crippen MR) is 262 cm³/mol. The molecule has 1 aliphatic heterocycles. The van der Waals surface area contributed by atoms with Crippen LogP contribution in [0.5, 0.6) is 0 Å². The van der Waals surface area contributed by atoms with Crippen molar-refractivity contribution in [3.8, 4) is 0 Å². The van der Waals surface area contributed by atoms with Gasteiger partial charge in [0.2, 0.25) is 0 Å². The minimum Gasteiger partial charge on any atom is -0.316 e. The predicted octanol–water partition coefficient (Wildman–Crippen LogP) is 3.46. The Bertz CT molecular complexity index is 2500. The van der Waals surface area contributed by atoms with Gasteiger partial charge >= 0.3 is 70.9 Å². The normalized spacial score (nSPS) is 14.7. The van der Waals surface area contributed by atoms with Crippen molar-refractivity contribution >= 4 is 139 Å². The number of rotatable bonds is 0. The Hall–Kier alpha value is -11.0. The summed E-state index contributed by atoms with van der Waals surface area (Å²) in [6.45, 7) is 0. The summed E-state index contributed by atoms with van der Waals surface area (Å²) in [7, 11) is 0. The van der Waals surface area contributed by atoms with Gasteiger partial charge in [0, 0.05) is 0 Å². The van der Waals surface area contributed by atoms with Crippen LogP contribution in [0.2, 0.25) is 0 Å². The van der Waals surface area contributed by atoms with Crippen molar-refractivity contribution in [1.29, 1.82) is 0 Å². The maximum Gasteiger partial charge on any atom is 0.314 e. The quantitative estimate of drug-likeness (QED) is 0.0974. The Morgan fingerprint density at radius 1 is 0.139 bits per heavy atom. The molecule has 0 bridgehead atoms. The number of para-hydroxylation sites is 12. The number of amides is 12. The topological polar surface area (TPSA) is 349 Å². The third-order valence-electron chi connectivity index (χ3n) is 9.78. The highest BCUT2D eigenvalue weighted by Gasteiger charge is 2.26. The van der Waals surface area contributed by atoms with Crippen LogP contribution in [0.1, 0.15) is 0 Å². The molecule has 0 unspecified atom stereocenters. The Kier molecular flexibility index (Phi) is 15.1. The van der Waals surface area contributed by atoms with Gasteiger partial charge in [-0.05, 0) is 72.8 Å². The molecule has 0 aliphatic carbocycles. The molecule has 72 heavy (non-hydrogen) atoms. The summed E-state index contributed by atoms with van der Waals surface area (Å²) in [6.07, 6.45) is 0. The van der Waals surface area contributed by atoms with E-state index in [4.69, 9.17) is 0 Å². The van der Waals surface area contributed by atoms with Gasteiger partial charge in [-0.3, -0.25) is 57.5 Å². The van der Waals surface area contributed by atoms with Crippen LogP contribution >= 0.6 is 0 Å². The Balaban J connectivity index is 1.15. The highest BCUT2D eigenvalue weighted by atomic mass is 16.2. The molecule has 360 valence electrons. The van der Waals surface area contributed by atoms with Crippen LogP contribution in [0.3, 0.4) is 0 Å². The third-order valence-corrected chi connectivity index (χ3v) is 9.78.